The molecule has 1 unspecified atom stereocenters. The zero-order chi connectivity index (χ0) is 23.2. The molecule has 34 heavy (non-hydrogen) atoms. The molecule has 0 fully saturated rings. The van der Waals surface area contributed by atoms with Gasteiger partial charge in [-0.2, -0.15) is 10.2 Å². The number of fused-ring (bicyclic) bond motifs is 2. The minimum Gasteiger partial charge on any atom is -0.383 e. The second-order valence-corrected chi connectivity index (χ2v) is 8.40. The van der Waals surface area contributed by atoms with Crippen molar-refractivity contribution in [3.05, 3.63) is 90.1 Å². The van der Waals surface area contributed by atoms with Crippen molar-refractivity contribution >= 4 is 39.4 Å². The fourth-order valence-corrected chi connectivity index (χ4v) is 4.44. The van der Waals surface area contributed by atoms with E-state index in [9.17, 15) is 0 Å². The molecule has 0 aliphatic carbocycles. The molecule has 0 bridgehead atoms. The van der Waals surface area contributed by atoms with Gasteiger partial charge in [0.2, 0.25) is 0 Å². The van der Waals surface area contributed by atoms with Crippen LogP contribution in [0.15, 0.2) is 79.4 Å². The third-order valence-electron chi connectivity index (χ3n) is 5.89. The van der Waals surface area contributed by atoms with Crippen molar-refractivity contribution < 1.29 is 0 Å². The van der Waals surface area contributed by atoms with Crippen LogP contribution < -0.4 is 5.73 Å². The predicted octanol–water partition coefficient (Wildman–Crippen LogP) is 5.07. The van der Waals surface area contributed by atoms with Crippen LogP contribution in [-0.4, -0.2) is 34.5 Å². The monoisotopic (exact) mass is 466 g/mol. The highest BCUT2D eigenvalue weighted by Gasteiger charge is 2.25. The standard InChI is InChI=1S/C25H19ClN8/c1-15(22-19-10-9-17(26)12-20(19)34(31-22)18-8-5-11-28-13-18)33-25-21(24(27)29-14-30-25)23(32-33)16-6-3-2-4-7-16/h2-15H,1H3,(H2,27,29,30). The maximum atomic E-state index is 6.35. The lowest BCUT2D eigenvalue weighted by Crippen LogP contribution is -2.11. The third-order valence-corrected chi connectivity index (χ3v) is 6.13. The van der Waals surface area contributed by atoms with Crippen molar-refractivity contribution in [2.75, 3.05) is 5.73 Å². The van der Waals surface area contributed by atoms with Crippen LogP contribution in [0, 0.1) is 0 Å². The number of nitrogens with zero attached hydrogens (tertiary/aromatic N) is 7. The first-order valence-electron chi connectivity index (χ1n) is 10.7. The van der Waals surface area contributed by atoms with Crippen LogP contribution in [0.3, 0.4) is 0 Å². The average molecular weight is 467 g/mol. The van der Waals surface area contributed by atoms with E-state index in [1.54, 1.807) is 12.4 Å². The Kier molecular flexibility index (Phi) is 4.74. The SMILES string of the molecule is CC(c1nn(-c2cccnc2)c2cc(Cl)ccc12)n1nc(-c2ccccc2)c2c(N)ncnc21. The summed E-state index contributed by atoms with van der Waals surface area (Å²) in [5, 5.41) is 12.2. The first kappa shape index (κ1) is 20.3. The Morgan fingerprint density at radius 3 is 2.62 bits per heavy atom. The Morgan fingerprint density at radius 1 is 0.971 bits per heavy atom. The number of nitrogen functional groups attached to an aromatic ring is 1. The van der Waals surface area contributed by atoms with Crippen LogP contribution in [0.2, 0.25) is 5.02 Å². The van der Waals surface area contributed by atoms with E-state index in [0.717, 1.165) is 38.9 Å². The van der Waals surface area contributed by atoms with Crippen LogP contribution >= 0.6 is 11.6 Å². The Labute approximate surface area is 199 Å². The van der Waals surface area contributed by atoms with Crippen molar-refractivity contribution in [3.8, 4) is 16.9 Å². The van der Waals surface area contributed by atoms with Gasteiger partial charge >= 0.3 is 0 Å². The topological polar surface area (TPSA) is 100 Å². The van der Waals surface area contributed by atoms with E-state index >= 15 is 0 Å². The zero-order valence-electron chi connectivity index (χ0n) is 18.2. The molecule has 2 N–H and O–H groups in total. The van der Waals surface area contributed by atoms with E-state index in [-0.39, 0.29) is 6.04 Å². The van der Waals surface area contributed by atoms with Crippen molar-refractivity contribution in [1.82, 2.24) is 34.5 Å². The second-order valence-electron chi connectivity index (χ2n) is 7.96. The van der Waals surface area contributed by atoms with Gasteiger partial charge in [-0.15, -0.1) is 0 Å². The molecule has 0 saturated heterocycles. The molecule has 0 radical (unpaired) electrons. The number of pyridine rings is 1. The van der Waals surface area contributed by atoms with Crippen molar-refractivity contribution in [2.24, 2.45) is 0 Å². The maximum absolute atomic E-state index is 6.35. The van der Waals surface area contributed by atoms with E-state index in [2.05, 4.69) is 15.0 Å². The Morgan fingerprint density at radius 2 is 1.82 bits per heavy atom. The fraction of sp³-hybridized carbons (Fsp3) is 0.0800. The first-order chi connectivity index (χ1) is 16.6. The molecule has 6 aromatic rings. The van der Waals surface area contributed by atoms with Crippen molar-refractivity contribution in [3.63, 3.8) is 0 Å². The van der Waals surface area contributed by atoms with Crippen LogP contribution in [0.25, 0.3) is 38.9 Å². The van der Waals surface area contributed by atoms with Gasteiger partial charge in [0.05, 0.1) is 34.5 Å². The van der Waals surface area contributed by atoms with E-state index in [1.807, 2.05) is 77.0 Å². The molecule has 6 rings (SSSR count). The summed E-state index contributed by atoms with van der Waals surface area (Å²) in [7, 11) is 0. The lowest BCUT2D eigenvalue weighted by atomic mass is 10.1. The molecule has 0 spiro atoms. The molecule has 8 nitrogen and oxygen atoms in total. The van der Waals surface area contributed by atoms with E-state index < -0.39 is 0 Å². The van der Waals surface area contributed by atoms with Gasteiger partial charge in [0, 0.05) is 22.2 Å². The zero-order valence-corrected chi connectivity index (χ0v) is 18.9. The summed E-state index contributed by atoms with van der Waals surface area (Å²) >= 11 is 6.35. The molecule has 0 amide bonds. The minimum absolute atomic E-state index is 0.254. The fourth-order valence-electron chi connectivity index (χ4n) is 4.28. The summed E-state index contributed by atoms with van der Waals surface area (Å²) < 4.78 is 3.72. The molecule has 4 heterocycles. The van der Waals surface area contributed by atoms with Gasteiger partial charge in [-0.05, 0) is 37.3 Å². The molecule has 2 aromatic carbocycles. The number of halogens is 1. The Hall–Kier alpha value is -4.30. The summed E-state index contributed by atoms with van der Waals surface area (Å²) in [5.41, 5.74) is 11.2. The largest absolute Gasteiger partial charge is 0.383 e. The Bertz CT molecular complexity index is 1640. The van der Waals surface area contributed by atoms with Gasteiger partial charge in [0.25, 0.3) is 0 Å². The summed E-state index contributed by atoms with van der Waals surface area (Å²) in [4.78, 5) is 13.0. The summed E-state index contributed by atoms with van der Waals surface area (Å²) in [5.74, 6) is 0.389. The van der Waals surface area contributed by atoms with Gasteiger partial charge in [0.1, 0.15) is 17.8 Å². The van der Waals surface area contributed by atoms with Crippen molar-refractivity contribution in [1.29, 1.82) is 0 Å². The maximum Gasteiger partial charge on any atom is 0.164 e. The normalized spacial score (nSPS) is 12.4. The number of rotatable bonds is 4. The molecule has 9 heteroatoms. The minimum atomic E-state index is -0.254. The van der Waals surface area contributed by atoms with Gasteiger partial charge in [-0.1, -0.05) is 41.9 Å². The highest BCUT2D eigenvalue weighted by Crippen LogP contribution is 2.35. The molecule has 0 aliphatic rings. The lowest BCUT2D eigenvalue weighted by Gasteiger charge is -2.11. The number of aromatic nitrogens is 7. The average Bonchev–Trinajstić information content (AvgIpc) is 3.45. The molecular formula is C25H19ClN8. The molecule has 166 valence electrons. The molecule has 4 aromatic heterocycles. The summed E-state index contributed by atoms with van der Waals surface area (Å²) in [6.07, 6.45) is 4.97. The summed E-state index contributed by atoms with van der Waals surface area (Å²) in [6.45, 7) is 2.05. The highest BCUT2D eigenvalue weighted by atomic mass is 35.5. The number of benzene rings is 2. The van der Waals surface area contributed by atoms with E-state index in [4.69, 9.17) is 27.5 Å². The number of hydrogen-bond donors (Lipinski definition) is 1. The van der Waals surface area contributed by atoms with E-state index in [1.165, 1.54) is 6.33 Å². The first-order valence-corrected chi connectivity index (χ1v) is 11.1. The van der Waals surface area contributed by atoms with Gasteiger partial charge in [0.15, 0.2) is 5.65 Å². The molecule has 0 saturated carbocycles. The van der Waals surface area contributed by atoms with E-state index in [0.29, 0.717) is 16.5 Å². The third kappa shape index (κ3) is 3.19. The van der Waals surface area contributed by atoms with Crippen LogP contribution in [-0.2, 0) is 0 Å². The second kappa shape index (κ2) is 7.93. The quantitative estimate of drug-likeness (QED) is 0.389. The predicted molar refractivity (Wildman–Crippen MR) is 133 cm³/mol. The Balaban J connectivity index is 1.59. The summed E-state index contributed by atoms with van der Waals surface area (Å²) in [6, 6.07) is 19.2. The van der Waals surface area contributed by atoms with Crippen LogP contribution in [0.4, 0.5) is 5.82 Å². The highest BCUT2D eigenvalue weighted by molar-refractivity contribution is 6.31. The number of hydrogen-bond acceptors (Lipinski definition) is 6. The van der Waals surface area contributed by atoms with Gasteiger partial charge in [-0.25, -0.2) is 19.3 Å². The lowest BCUT2D eigenvalue weighted by molar-refractivity contribution is 0.564. The molecule has 1 atom stereocenters. The molecule has 0 aliphatic heterocycles. The smallest absolute Gasteiger partial charge is 0.164 e. The van der Waals surface area contributed by atoms with Gasteiger partial charge in [-0.3, -0.25) is 4.98 Å². The van der Waals surface area contributed by atoms with Gasteiger partial charge < -0.3 is 5.73 Å². The number of anilines is 1. The number of nitrogens with two attached hydrogens (primary N) is 1. The van der Waals surface area contributed by atoms with Crippen LogP contribution in [0.5, 0.6) is 0 Å². The van der Waals surface area contributed by atoms with Crippen molar-refractivity contribution in [2.45, 2.75) is 13.0 Å². The van der Waals surface area contributed by atoms with Crippen LogP contribution in [0.1, 0.15) is 18.7 Å². The molecular weight excluding hydrogens is 448 g/mol.